The van der Waals surface area contributed by atoms with Crippen LogP contribution in [0, 0.1) is 12.8 Å². The van der Waals surface area contributed by atoms with Gasteiger partial charge >= 0.3 is 16.2 Å². The van der Waals surface area contributed by atoms with Crippen LogP contribution in [-0.2, 0) is 19.8 Å². The fourth-order valence-corrected chi connectivity index (χ4v) is 3.65. The average Bonchev–Trinajstić information content (AvgIpc) is 2.75. The Kier molecular flexibility index (Phi) is 5.03. The molecule has 1 fully saturated rings. The van der Waals surface area contributed by atoms with Gasteiger partial charge in [0.25, 0.3) is 0 Å². The maximum absolute atomic E-state index is 12.8. The maximum atomic E-state index is 12.8. The minimum atomic E-state index is -4.67. The van der Waals surface area contributed by atoms with E-state index in [1.54, 1.807) is 12.1 Å². The lowest BCUT2D eigenvalue weighted by Gasteiger charge is -2.27. The molecule has 8 heteroatoms. The van der Waals surface area contributed by atoms with Crippen LogP contribution in [0.25, 0.3) is 0 Å². The summed E-state index contributed by atoms with van der Waals surface area (Å²) in [5.74, 6) is -2.79. The van der Waals surface area contributed by atoms with Crippen molar-refractivity contribution in [1.29, 1.82) is 0 Å². The van der Waals surface area contributed by atoms with Crippen molar-refractivity contribution in [3.8, 4) is 0 Å². The SMILES string of the molecule is Cc1ccc(C(CC(=O)O)N2CC(CS(=O)(=O)F)CC2=O)cc1. The number of aryl methyl sites for hydroxylation is 1. The molecular weight excluding hydrogens is 325 g/mol. The number of carbonyl (C=O) groups is 2. The van der Waals surface area contributed by atoms with Gasteiger partial charge in [-0.05, 0) is 12.5 Å². The lowest BCUT2D eigenvalue weighted by atomic mass is 10.0. The van der Waals surface area contributed by atoms with Crippen LogP contribution < -0.4 is 0 Å². The minimum absolute atomic E-state index is 0.0355. The fraction of sp³-hybridized carbons (Fsp3) is 0.467. The van der Waals surface area contributed by atoms with Gasteiger partial charge in [-0.2, -0.15) is 8.42 Å². The molecule has 1 amide bonds. The van der Waals surface area contributed by atoms with E-state index in [-0.39, 0.29) is 25.3 Å². The number of likely N-dealkylation sites (tertiary alicyclic amines) is 1. The zero-order valence-electron chi connectivity index (χ0n) is 12.6. The first-order valence-electron chi connectivity index (χ1n) is 7.16. The number of carboxylic acids is 1. The van der Waals surface area contributed by atoms with E-state index in [1.165, 1.54) is 4.90 Å². The van der Waals surface area contributed by atoms with Gasteiger partial charge in [0.1, 0.15) is 0 Å². The summed E-state index contributed by atoms with van der Waals surface area (Å²) in [6.07, 6.45) is -0.380. The predicted octanol–water partition coefficient (Wildman–Crippen LogP) is 1.66. The summed E-state index contributed by atoms with van der Waals surface area (Å²) in [7, 11) is -4.67. The van der Waals surface area contributed by atoms with Gasteiger partial charge in [-0.25, -0.2) is 0 Å². The molecule has 1 aliphatic rings. The van der Waals surface area contributed by atoms with E-state index in [9.17, 15) is 21.9 Å². The van der Waals surface area contributed by atoms with E-state index < -0.39 is 33.9 Å². The van der Waals surface area contributed by atoms with E-state index >= 15 is 0 Å². The van der Waals surface area contributed by atoms with Crippen molar-refractivity contribution in [2.75, 3.05) is 12.3 Å². The second-order valence-corrected chi connectivity index (χ2v) is 7.26. The normalized spacial score (nSPS) is 19.8. The van der Waals surface area contributed by atoms with Crippen LogP contribution in [0.3, 0.4) is 0 Å². The zero-order valence-corrected chi connectivity index (χ0v) is 13.4. The molecule has 1 aliphatic heterocycles. The third-order valence-corrected chi connectivity index (χ3v) is 4.75. The van der Waals surface area contributed by atoms with Gasteiger partial charge in [-0.15, -0.1) is 3.89 Å². The Balaban J connectivity index is 2.23. The molecule has 1 N–H and O–H groups in total. The molecule has 6 nitrogen and oxygen atoms in total. The van der Waals surface area contributed by atoms with Crippen molar-refractivity contribution in [3.63, 3.8) is 0 Å². The zero-order chi connectivity index (χ0) is 17.2. The summed E-state index contributed by atoms with van der Waals surface area (Å²) in [5.41, 5.74) is 1.66. The largest absolute Gasteiger partial charge is 0.481 e. The summed E-state index contributed by atoms with van der Waals surface area (Å²) >= 11 is 0. The monoisotopic (exact) mass is 343 g/mol. The molecule has 0 saturated carbocycles. The summed E-state index contributed by atoms with van der Waals surface area (Å²) < 4.78 is 34.4. The first kappa shape index (κ1) is 17.4. The fourth-order valence-electron chi connectivity index (χ4n) is 2.86. The number of carbonyl (C=O) groups excluding carboxylic acids is 1. The van der Waals surface area contributed by atoms with Crippen LogP contribution in [-0.4, -0.2) is 42.6 Å². The number of rotatable bonds is 6. The molecule has 2 rings (SSSR count). The molecule has 1 heterocycles. The van der Waals surface area contributed by atoms with Crippen LogP contribution in [0.5, 0.6) is 0 Å². The molecule has 1 saturated heterocycles. The molecule has 0 aliphatic carbocycles. The van der Waals surface area contributed by atoms with Crippen molar-refractivity contribution in [3.05, 3.63) is 35.4 Å². The molecule has 0 aromatic heterocycles. The van der Waals surface area contributed by atoms with E-state index in [1.807, 2.05) is 19.1 Å². The number of aliphatic carboxylic acids is 1. The second kappa shape index (κ2) is 6.66. The molecule has 2 unspecified atom stereocenters. The quantitative estimate of drug-likeness (QED) is 0.793. The molecule has 2 atom stereocenters. The number of halogens is 1. The van der Waals surface area contributed by atoms with Gasteiger partial charge in [0.2, 0.25) is 5.91 Å². The lowest BCUT2D eigenvalue weighted by molar-refractivity contribution is -0.139. The van der Waals surface area contributed by atoms with E-state index in [0.717, 1.165) is 5.56 Å². The molecule has 0 spiro atoms. The number of amides is 1. The first-order chi connectivity index (χ1) is 10.7. The lowest BCUT2D eigenvalue weighted by Crippen LogP contribution is -2.32. The van der Waals surface area contributed by atoms with Gasteiger partial charge < -0.3 is 10.0 Å². The Morgan fingerprint density at radius 2 is 2.00 bits per heavy atom. The Labute approximate surface area is 134 Å². The van der Waals surface area contributed by atoms with Crippen LogP contribution >= 0.6 is 0 Å². The van der Waals surface area contributed by atoms with Crippen LogP contribution in [0.2, 0.25) is 0 Å². The van der Waals surface area contributed by atoms with Crippen molar-refractivity contribution < 1.29 is 27.0 Å². The van der Waals surface area contributed by atoms with Crippen molar-refractivity contribution >= 4 is 22.1 Å². The molecule has 1 aromatic rings. The minimum Gasteiger partial charge on any atom is -0.481 e. The average molecular weight is 343 g/mol. The maximum Gasteiger partial charge on any atom is 0.305 e. The first-order valence-corrected chi connectivity index (χ1v) is 8.71. The standard InChI is InChI=1S/C15H18FNO5S/c1-10-2-4-12(5-3-10)13(7-15(19)20)17-8-11(6-14(17)18)9-23(16,21)22/h2-5,11,13H,6-9H2,1H3,(H,19,20). The third-order valence-electron chi connectivity index (χ3n) is 3.88. The summed E-state index contributed by atoms with van der Waals surface area (Å²) in [5, 5.41) is 9.10. The Morgan fingerprint density at radius 3 is 2.52 bits per heavy atom. The molecule has 0 bridgehead atoms. The molecule has 23 heavy (non-hydrogen) atoms. The molecule has 1 aromatic carbocycles. The number of nitrogens with zero attached hydrogens (tertiary/aromatic N) is 1. The number of carboxylic acid groups (broad SMARTS) is 1. The van der Waals surface area contributed by atoms with Gasteiger partial charge in [0.05, 0.1) is 18.2 Å². The summed E-state index contributed by atoms with van der Waals surface area (Å²) in [4.78, 5) is 24.6. The highest BCUT2D eigenvalue weighted by atomic mass is 32.3. The second-order valence-electron chi connectivity index (χ2n) is 5.85. The Bertz CT molecular complexity index is 701. The third kappa shape index (κ3) is 4.75. The van der Waals surface area contributed by atoms with Crippen molar-refractivity contribution in [2.24, 2.45) is 5.92 Å². The van der Waals surface area contributed by atoms with Crippen LogP contribution in [0.1, 0.15) is 30.0 Å². The Morgan fingerprint density at radius 1 is 1.39 bits per heavy atom. The highest BCUT2D eigenvalue weighted by Gasteiger charge is 2.37. The number of hydrogen-bond donors (Lipinski definition) is 1. The van der Waals surface area contributed by atoms with E-state index in [2.05, 4.69) is 0 Å². The molecular formula is C15H18FNO5S. The predicted molar refractivity (Wildman–Crippen MR) is 80.9 cm³/mol. The van der Waals surface area contributed by atoms with Gasteiger partial charge in [-0.3, -0.25) is 9.59 Å². The number of hydrogen-bond acceptors (Lipinski definition) is 4. The van der Waals surface area contributed by atoms with Gasteiger partial charge in [-0.1, -0.05) is 29.8 Å². The van der Waals surface area contributed by atoms with E-state index in [4.69, 9.17) is 5.11 Å². The summed E-state index contributed by atoms with van der Waals surface area (Å²) in [6, 6.07) is 6.43. The van der Waals surface area contributed by atoms with Crippen LogP contribution in [0.15, 0.2) is 24.3 Å². The Hall–Kier alpha value is -1.96. The van der Waals surface area contributed by atoms with Crippen LogP contribution in [0.4, 0.5) is 3.89 Å². The van der Waals surface area contributed by atoms with E-state index in [0.29, 0.717) is 5.56 Å². The van der Waals surface area contributed by atoms with Gasteiger partial charge in [0.15, 0.2) is 0 Å². The van der Waals surface area contributed by atoms with Crippen molar-refractivity contribution in [1.82, 2.24) is 4.90 Å². The van der Waals surface area contributed by atoms with Gasteiger partial charge in [0, 0.05) is 18.9 Å². The number of benzene rings is 1. The van der Waals surface area contributed by atoms with Crippen molar-refractivity contribution in [2.45, 2.75) is 25.8 Å². The molecule has 0 radical (unpaired) electrons. The smallest absolute Gasteiger partial charge is 0.305 e. The highest BCUT2D eigenvalue weighted by molar-refractivity contribution is 7.86. The molecule has 126 valence electrons. The topological polar surface area (TPSA) is 91.8 Å². The summed E-state index contributed by atoms with van der Waals surface area (Å²) in [6.45, 7) is 1.92. The highest BCUT2D eigenvalue weighted by Crippen LogP contribution is 2.32.